The van der Waals surface area contributed by atoms with Crippen LogP contribution in [0.5, 0.6) is 0 Å². The minimum absolute atomic E-state index is 0.117. The van der Waals surface area contributed by atoms with E-state index in [9.17, 15) is 4.79 Å². The van der Waals surface area contributed by atoms with E-state index in [1.54, 1.807) is 11.3 Å². The number of carbonyl (C=O) groups is 1. The number of carbonyl (C=O) groups excluding carboxylic acids is 1. The fourth-order valence-corrected chi connectivity index (χ4v) is 3.16. The molecule has 1 aliphatic rings. The molecule has 1 aromatic rings. The fourth-order valence-electron chi connectivity index (χ4n) is 2.31. The Hall–Kier alpha value is -0.980. The van der Waals surface area contributed by atoms with Gasteiger partial charge in [-0.25, -0.2) is 0 Å². The Morgan fingerprint density at radius 1 is 1.53 bits per heavy atom. The van der Waals surface area contributed by atoms with Crippen LogP contribution in [0, 0.1) is 0 Å². The highest BCUT2D eigenvalue weighted by Crippen LogP contribution is 2.11. The second-order valence-corrected chi connectivity index (χ2v) is 6.20. The third-order valence-corrected chi connectivity index (χ3v) is 4.14. The number of rotatable bonds is 5. The van der Waals surface area contributed by atoms with Gasteiger partial charge in [0.15, 0.2) is 0 Å². The first-order valence-electron chi connectivity index (χ1n) is 6.44. The summed E-state index contributed by atoms with van der Waals surface area (Å²) >= 11 is 6.53. The highest BCUT2D eigenvalue weighted by molar-refractivity contribution is 7.80. The molecule has 0 spiro atoms. The molecule has 0 saturated carbocycles. The van der Waals surface area contributed by atoms with E-state index in [1.165, 1.54) is 0 Å². The van der Waals surface area contributed by atoms with Crippen molar-refractivity contribution in [2.24, 2.45) is 5.73 Å². The van der Waals surface area contributed by atoms with Crippen molar-refractivity contribution >= 4 is 34.5 Å². The second-order valence-electron chi connectivity index (χ2n) is 4.89. The SMILES string of the molecule is NC(=S)CN1CCC(NC(=O)Cc2ccsc2)CC1. The molecular formula is C13H19N3OS2. The molecule has 1 saturated heterocycles. The average Bonchev–Trinajstić information content (AvgIpc) is 2.83. The predicted molar refractivity (Wildman–Crippen MR) is 82.4 cm³/mol. The van der Waals surface area contributed by atoms with E-state index in [-0.39, 0.29) is 11.9 Å². The Balaban J connectivity index is 1.70. The Morgan fingerprint density at radius 2 is 2.26 bits per heavy atom. The van der Waals surface area contributed by atoms with E-state index in [1.807, 2.05) is 16.8 Å². The fraction of sp³-hybridized carbons (Fsp3) is 0.538. The maximum atomic E-state index is 11.9. The molecular weight excluding hydrogens is 278 g/mol. The summed E-state index contributed by atoms with van der Waals surface area (Å²) in [6, 6.07) is 2.28. The summed E-state index contributed by atoms with van der Waals surface area (Å²) < 4.78 is 0. The Kier molecular flexibility index (Phi) is 5.30. The van der Waals surface area contributed by atoms with Crippen molar-refractivity contribution in [1.29, 1.82) is 0 Å². The quantitative estimate of drug-likeness (QED) is 0.801. The summed E-state index contributed by atoms with van der Waals surface area (Å²) in [5, 5.41) is 7.12. The highest BCUT2D eigenvalue weighted by atomic mass is 32.1. The Bertz CT molecular complexity index is 425. The standard InChI is InChI=1S/C13H19N3OS2/c14-12(18)8-16-4-1-11(2-5-16)15-13(17)7-10-3-6-19-9-10/h3,6,9,11H,1-2,4-5,7-8H2,(H2,14,18)(H,15,17). The van der Waals surface area contributed by atoms with Crippen LogP contribution < -0.4 is 11.1 Å². The summed E-state index contributed by atoms with van der Waals surface area (Å²) in [7, 11) is 0. The smallest absolute Gasteiger partial charge is 0.224 e. The lowest BCUT2D eigenvalue weighted by atomic mass is 10.0. The number of piperidine rings is 1. The zero-order valence-corrected chi connectivity index (χ0v) is 12.4. The first-order chi connectivity index (χ1) is 9.13. The second kappa shape index (κ2) is 6.98. The molecule has 0 aliphatic carbocycles. The van der Waals surface area contributed by atoms with E-state index in [0.717, 1.165) is 31.5 Å². The molecule has 0 unspecified atom stereocenters. The molecule has 1 aliphatic heterocycles. The molecule has 1 aromatic heterocycles. The number of likely N-dealkylation sites (tertiary alicyclic amines) is 1. The van der Waals surface area contributed by atoms with Gasteiger partial charge in [0.1, 0.15) is 0 Å². The largest absolute Gasteiger partial charge is 0.392 e. The van der Waals surface area contributed by atoms with Gasteiger partial charge in [0.2, 0.25) is 5.91 Å². The minimum atomic E-state index is 0.117. The molecule has 0 aromatic carbocycles. The number of nitrogens with two attached hydrogens (primary N) is 1. The van der Waals surface area contributed by atoms with Gasteiger partial charge in [-0.2, -0.15) is 11.3 Å². The maximum absolute atomic E-state index is 11.9. The first-order valence-corrected chi connectivity index (χ1v) is 7.79. The van der Waals surface area contributed by atoms with Crippen LogP contribution in [0.2, 0.25) is 0 Å². The number of amides is 1. The van der Waals surface area contributed by atoms with Crippen LogP contribution in [0.4, 0.5) is 0 Å². The average molecular weight is 297 g/mol. The summed E-state index contributed by atoms with van der Waals surface area (Å²) in [6.07, 6.45) is 2.42. The van der Waals surface area contributed by atoms with E-state index >= 15 is 0 Å². The predicted octanol–water partition coefficient (Wildman–Crippen LogP) is 1.16. The van der Waals surface area contributed by atoms with Crippen LogP contribution >= 0.6 is 23.6 Å². The van der Waals surface area contributed by atoms with Crippen molar-refractivity contribution in [3.8, 4) is 0 Å². The summed E-state index contributed by atoms with van der Waals surface area (Å²) in [6.45, 7) is 2.58. The van der Waals surface area contributed by atoms with E-state index in [0.29, 0.717) is 18.0 Å². The van der Waals surface area contributed by atoms with Gasteiger partial charge in [-0.3, -0.25) is 9.69 Å². The summed E-state index contributed by atoms with van der Waals surface area (Å²) in [5.74, 6) is 0.117. The minimum Gasteiger partial charge on any atom is -0.392 e. The monoisotopic (exact) mass is 297 g/mol. The molecule has 1 fully saturated rings. The van der Waals surface area contributed by atoms with Crippen molar-refractivity contribution in [2.45, 2.75) is 25.3 Å². The molecule has 104 valence electrons. The molecule has 6 heteroatoms. The van der Waals surface area contributed by atoms with E-state index < -0.39 is 0 Å². The van der Waals surface area contributed by atoms with Crippen molar-refractivity contribution in [3.63, 3.8) is 0 Å². The zero-order valence-electron chi connectivity index (χ0n) is 10.8. The number of nitrogens with zero attached hydrogens (tertiary/aromatic N) is 1. The number of hydrogen-bond acceptors (Lipinski definition) is 4. The van der Waals surface area contributed by atoms with Gasteiger partial charge in [-0.05, 0) is 35.2 Å². The van der Waals surface area contributed by atoms with Gasteiger partial charge < -0.3 is 11.1 Å². The van der Waals surface area contributed by atoms with Gasteiger partial charge >= 0.3 is 0 Å². The number of thiophene rings is 1. The zero-order chi connectivity index (χ0) is 13.7. The maximum Gasteiger partial charge on any atom is 0.224 e. The van der Waals surface area contributed by atoms with Crippen LogP contribution in [0.25, 0.3) is 0 Å². The van der Waals surface area contributed by atoms with Gasteiger partial charge in [0, 0.05) is 25.7 Å². The van der Waals surface area contributed by atoms with Crippen LogP contribution in [0.1, 0.15) is 18.4 Å². The van der Waals surface area contributed by atoms with Crippen LogP contribution in [0.3, 0.4) is 0 Å². The van der Waals surface area contributed by atoms with Crippen LogP contribution in [-0.2, 0) is 11.2 Å². The van der Waals surface area contributed by atoms with Crippen molar-refractivity contribution in [1.82, 2.24) is 10.2 Å². The lowest BCUT2D eigenvalue weighted by Crippen LogP contribution is -2.46. The van der Waals surface area contributed by atoms with E-state index in [4.69, 9.17) is 18.0 Å². The topological polar surface area (TPSA) is 58.4 Å². The van der Waals surface area contributed by atoms with Gasteiger partial charge in [-0.1, -0.05) is 12.2 Å². The molecule has 2 rings (SSSR count). The molecule has 4 nitrogen and oxygen atoms in total. The van der Waals surface area contributed by atoms with Crippen molar-refractivity contribution in [2.75, 3.05) is 19.6 Å². The van der Waals surface area contributed by atoms with Crippen LogP contribution in [-0.4, -0.2) is 41.5 Å². The summed E-state index contributed by atoms with van der Waals surface area (Å²) in [4.78, 5) is 14.7. The molecule has 0 atom stereocenters. The van der Waals surface area contributed by atoms with E-state index in [2.05, 4.69) is 10.2 Å². The molecule has 3 N–H and O–H groups in total. The normalized spacial score (nSPS) is 17.3. The van der Waals surface area contributed by atoms with Crippen molar-refractivity contribution < 1.29 is 4.79 Å². The molecule has 19 heavy (non-hydrogen) atoms. The van der Waals surface area contributed by atoms with Gasteiger partial charge in [0.05, 0.1) is 11.4 Å². The highest BCUT2D eigenvalue weighted by Gasteiger charge is 2.20. The van der Waals surface area contributed by atoms with Crippen molar-refractivity contribution in [3.05, 3.63) is 22.4 Å². The van der Waals surface area contributed by atoms with Gasteiger partial charge in [0.25, 0.3) is 0 Å². The van der Waals surface area contributed by atoms with Crippen LogP contribution in [0.15, 0.2) is 16.8 Å². The Morgan fingerprint density at radius 3 is 2.84 bits per heavy atom. The summed E-state index contributed by atoms with van der Waals surface area (Å²) in [5.41, 5.74) is 6.63. The number of nitrogens with one attached hydrogen (secondary N) is 1. The third-order valence-electron chi connectivity index (χ3n) is 3.28. The third kappa shape index (κ3) is 4.89. The molecule has 2 heterocycles. The molecule has 0 radical (unpaired) electrons. The molecule has 0 bridgehead atoms. The first kappa shape index (κ1) is 14.4. The Labute approximate surface area is 123 Å². The lowest BCUT2D eigenvalue weighted by Gasteiger charge is -2.31. The van der Waals surface area contributed by atoms with Gasteiger partial charge in [-0.15, -0.1) is 0 Å². The lowest BCUT2D eigenvalue weighted by molar-refractivity contribution is -0.121. The number of hydrogen-bond donors (Lipinski definition) is 2. The number of thiocarbonyl (C=S) groups is 1. The molecule has 1 amide bonds.